The second-order valence-electron chi connectivity index (χ2n) is 11.9. The zero-order chi connectivity index (χ0) is 32.3. The summed E-state index contributed by atoms with van der Waals surface area (Å²) in [5, 5.41) is 11.1. The number of carbonyl (C=O) groups is 5. The lowest BCUT2D eigenvalue weighted by atomic mass is 9.82. The summed E-state index contributed by atoms with van der Waals surface area (Å²) in [4.78, 5) is 71.8. The van der Waals surface area contributed by atoms with Crippen molar-refractivity contribution in [3.05, 3.63) is 16.1 Å². The van der Waals surface area contributed by atoms with Crippen molar-refractivity contribution in [2.45, 2.75) is 111 Å². The molecule has 1 aromatic rings. The van der Waals surface area contributed by atoms with Crippen molar-refractivity contribution in [2.24, 2.45) is 17.8 Å². The number of thiazole rings is 1. The first-order valence-electron chi connectivity index (χ1n) is 15.3. The molecular weight excluding hydrogens is 574 g/mol. The molecule has 12 heteroatoms. The minimum absolute atomic E-state index is 0.0322. The molecule has 1 aliphatic rings. The van der Waals surface area contributed by atoms with E-state index in [1.165, 1.54) is 17.2 Å². The van der Waals surface area contributed by atoms with E-state index in [0.29, 0.717) is 17.8 Å². The number of hydrogen-bond donors (Lipinski definition) is 1. The summed E-state index contributed by atoms with van der Waals surface area (Å²) in [6.45, 7) is 11.4. The number of ether oxygens (including phenoxy) is 2. The van der Waals surface area contributed by atoms with Crippen LogP contribution in [0.25, 0.3) is 0 Å². The fourth-order valence-electron chi connectivity index (χ4n) is 5.48. The van der Waals surface area contributed by atoms with Crippen molar-refractivity contribution in [1.82, 2.24) is 14.8 Å². The Morgan fingerprint density at radius 1 is 1.16 bits per heavy atom. The topological polar surface area (TPSA) is 143 Å². The van der Waals surface area contributed by atoms with Gasteiger partial charge in [-0.3, -0.25) is 24.1 Å². The van der Waals surface area contributed by atoms with E-state index in [1.54, 1.807) is 0 Å². The van der Waals surface area contributed by atoms with Gasteiger partial charge in [0.25, 0.3) is 0 Å². The molecule has 1 unspecified atom stereocenters. The van der Waals surface area contributed by atoms with Crippen LogP contribution in [0.15, 0.2) is 5.38 Å². The number of carbonyl (C=O) groups excluding carboxylic acids is 4. The molecule has 242 valence electrons. The number of nitrogens with zero attached hydrogens (tertiary/aromatic N) is 3. The molecule has 5 atom stereocenters. The highest BCUT2D eigenvalue weighted by Crippen LogP contribution is 2.33. The van der Waals surface area contributed by atoms with Crippen LogP contribution in [0.1, 0.15) is 115 Å². The molecule has 43 heavy (non-hydrogen) atoms. The number of esters is 2. The third kappa shape index (κ3) is 10.7. The van der Waals surface area contributed by atoms with E-state index < -0.39 is 36.0 Å². The summed E-state index contributed by atoms with van der Waals surface area (Å²) in [5.41, 5.74) is -0.159. The number of amides is 1. The van der Waals surface area contributed by atoms with Crippen LogP contribution < -0.4 is 0 Å². The molecule has 1 N–H and O–H groups in total. The molecule has 2 rings (SSSR count). The minimum atomic E-state index is -1.20. The second-order valence-corrected chi connectivity index (χ2v) is 12.8. The molecule has 1 aromatic heterocycles. The molecule has 1 saturated heterocycles. The molecule has 0 aromatic carbocycles. The van der Waals surface area contributed by atoms with Crippen molar-refractivity contribution in [2.75, 3.05) is 20.3 Å². The summed E-state index contributed by atoms with van der Waals surface area (Å²) in [6, 6.07) is -0.811. The molecule has 1 fully saturated rings. The maximum atomic E-state index is 14.4. The van der Waals surface area contributed by atoms with Gasteiger partial charge < -0.3 is 19.5 Å². The third-order valence-electron chi connectivity index (χ3n) is 8.27. The van der Waals surface area contributed by atoms with E-state index in [0.717, 1.165) is 37.1 Å². The quantitative estimate of drug-likeness (QED) is 0.184. The highest BCUT2D eigenvalue weighted by atomic mass is 32.1. The summed E-state index contributed by atoms with van der Waals surface area (Å²) >= 11 is 1.07. The fourth-order valence-corrected chi connectivity index (χ4v) is 6.31. The average Bonchev–Trinajstić information content (AvgIpc) is 3.45. The lowest BCUT2D eigenvalue weighted by Crippen LogP contribution is -2.50. The highest BCUT2D eigenvalue weighted by Gasteiger charge is 2.39. The van der Waals surface area contributed by atoms with Crippen LogP contribution in [-0.4, -0.2) is 81.9 Å². The Morgan fingerprint density at radius 3 is 2.40 bits per heavy atom. The predicted molar refractivity (Wildman–Crippen MR) is 162 cm³/mol. The molecule has 0 bridgehead atoms. The number of aromatic carboxylic acids is 1. The van der Waals surface area contributed by atoms with Crippen molar-refractivity contribution in [3.8, 4) is 0 Å². The molecule has 2 heterocycles. The summed E-state index contributed by atoms with van der Waals surface area (Å²) in [7, 11) is 1.94. The van der Waals surface area contributed by atoms with Gasteiger partial charge >= 0.3 is 17.9 Å². The number of likely N-dealkylation sites (N-methyl/N-ethyl adjacent to an activating group) is 1. The van der Waals surface area contributed by atoms with Crippen molar-refractivity contribution in [1.29, 1.82) is 0 Å². The molecule has 0 radical (unpaired) electrons. The van der Waals surface area contributed by atoms with Crippen LogP contribution in [-0.2, 0) is 28.7 Å². The Hall–Kier alpha value is -2.86. The van der Waals surface area contributed by atoms with Crippen molar-refractivity contribution >= 4 is 40.9 Å². The number of likely N-dealkylation sites (tertiary alicyclic amines) is 1. The Labute approximate surface area is 259 Å². The van der Waals surface area contributed by atoms with Gasteiger partial charge in [0.1, 0.15) is 5.01 Å². The maximum Gasteiger partial charge on any atom is 0.355 e. The first kappa shape index (κ1) is 36.3. The number of Topliss-reactive ketones (excluding diaryl/α,β-unsaturated/α-hetero) is 1. The zero-order valence-corrected chi connectivity index (χ0v) is 27.5. The minimum Gasteiger partial charge on any atom is -0.476 e. The third-order valence-corrected chi connectivity index (χ3v) is 9.21. The van der Waals surface area contributed by atoms with Crippen LogP contribution >= 0.6 is 11.3 Å². The number of ketones is 1. The van der Waals surface area contributed by atoms with Gasteiger partial charge in [-0.05, 0) is 44.7 Å². The number of rotatable bonds is 17. The largest absolute Gasteiger partial charge is 0.476 e. The Morgan fingerprint density at radius 2 is 1.86 bits per heavy atom. The zero-order valence-electron chi connectivity index (χ0n) is 26.7. The van der Waals surface area contributed by atoms with Gasteiger partial charge in [-0.1, -0.05) is 47.5 Å². The molecular formula is C31H49N3O8S. The van der Waals surface area contributed by atoms with E-state index in [1.807, 2.05) is 41.7 Å². The maximum absolute atomic E-state index is 14.4. The smallest absolute Gasteiger partial charge is 0.355 e. The Balaban J connectivity index is 2.48. The first-order valence-corrected chi connectivity index (χ1v) is 16.2. The van der Waals surface area contributed by atoms with Gasteiger partial charge in [-0.15, -0.1) is 11.3 Å². The number of piperidine rings is 1. The van der Waals surface area contributed by atoms with E-state index in [4.69, 9.17) is 9.47 Å². The van der Waals surface area contributed by atoms with Crippen LogP contribution in [0.2, 0.25) is 0 Å². The van der Waals surface area contributed by atoms with Crippen molar-refractivity contribution < 1.29 is 38.6 Å². The van der Waals surface area contributed by atoms with Gasteiger partial charge in [0.2, 0.25) is 5.91 Å². The number of hydrogen-bond acceptors (Lipinski definition) is 10. The number of carboxylic acid groups (broad SMARTS) is 1. The molecule has 11 nitrogen and oxygen atoms in total. The molecule has 0 aliphatic carbocycles. The molecule has 1 amide bonds. The van der Waals surface area contributed by atoms with Crippen LogP contribution in [0.4, 0.5) is 0 Å². The standard InChI is InChI=1S/C31H49N3O8S/c1-8-12-28(37)42-27(29-32-23(17-43-29)31(39)40)16-25(19(3)4)34(18-41-21(6)35)30(38)22(20(5)9-2)15-26(36)24-13-10-11-14-33(24)7/h17,19-20,22,24-25,27H,8-16,18H2,1-7H3,(H,39,40)/t20-,22-,24?,25+,27+/m0/s1. The monoisotopic (exact) mass is 623 g/mol. The lowest BCUT2D eigenvalue weighted by Gasteiger charge is -2.39. The predicted octanol–water partition coefficient (Wildman–Crippen LogP) is 5.10. The van der Waals surface area contributed by atoms with Crippen LogP contribution in [0, 0.1) is 17.8 Å². The Bertz CT molecular complexity index is 1110. The van der Waals surface area contributed by atoms with E-state index >= 15 is 0 Å². The normalized spacial score (nSPS) is 18.4. The summed E-state index contributed by atoms with van der Waals surface area (Å²) in [6.07, 6.45) is 3.45. The SMILES string of the molecule is CCCC(=O)O[C@H](C[C@H](C(C)C)N(COC(C)=O)C(=O)[C@@H](CC(=O)C1CCCCN1C)[C@@H](C)CC)c1nc(C(=O)O)cs1. The summed E-state index contributed by atoms with van der Waals surface area (Å²) in [5.74, 6) is -3.41. The average molecular weight is 624 g/mol. The number of carboxylic acids is 1. The van der Waals surface area contributed by atoms with E-state index in [2.05, 4.69) is 9.88 Å². The summed E-state index contributed by atoms with van der Waals surface area (Å²) < 4.78 is 11.2. The van der Waals surface area contributed by atoms with Gasteiger partial charge in [-0.2, -0.15) is 0 Å². The van der Waals surface area contributed by atoms with E-state index in [9.17, 15) is 29.1 Å². The van der Waals surface area contributed by atoms with Gasteiger partial charge in [0.15, 0.2) is 24.3 Å². The molecule has 0 spiro atoms. The van der Waals surface area contributed by atoms with Gasteiger partial charge in [0, 0.05) is 43.5 Å². The number of aromatic nitrogens is 1. The van der Waals surface area contributed by atoms with Crippen LogP contribution in [0.5, 0.6) is 0 Å². The lowest BCUT2D eigenvalue weighted by molar-refractivity contribution is -0.160. The molecule has 0 saturated carbocycles. The first-order chi connectivity index (χ1) is 20.3. The van der Waals surface area contributed by atoms with Gasteiger partial charge in [-0.25, -0.2) is 9.78 Å². The highest BCUT2D eigenvalue weighted by molar-refractivity contribution is 7.09. The fraction of sp³-hybridized carbons (Fsp3) is 0.742. The second kappa shape index (κ2) is 17.4. The molecule has 1 aliphatic heterocycles. The van der Waals surface area contributed by atoms with Gasteiger partial charge in [0.05, 0.1) is 6.04 Å². The van der Waals surface area contributed by atoms with Crippen LogP contribution in [0.3, 0.4) is 0 Å². The van der Waals surface area contributed by atoms with E-state index in [-0.39, 0.29) is 61.3 Å². The Kier molecular flexibility index (Phi) is 14.7. The van der Waals surface area contributed by atoms with Crippen molar-refractivity contribution in [3.63, 3.8) is 0 Å².